The molecule has 0 rings (SSSR count). The van der Waals surface area contributed by atoms with Gasteiger partial charge in [0, 0.05) is 6.54 Å². The van der Waals surface area contributed by atoms with Crippen LogP contribution in [0.25, 0.3) is 0 Å². The molecule has 0 radical (unpaired) electrons. The molecule has 0 aromatic carbocycles. The summed E-state index contributed by atoms with van der Waals surface area (Å²) in [7, 11) is 0. The second-order valence-corrected chi connectivity index (χ2v) is 3.45. The lowest BCUT2D eigenvalue weighted by atomic mass is 10.1. The number of aliphatic imine (C=N–C) groups is 1. The molecule has 9 heteroatoms. The van der Waals surface area contributed by atoms with Crippen molar-refractivity contribution in [2.24, 2.45) is 16.5 Å². The molecule has 0 bridgehead atoms. The van der Waals surface area contributed by atoms with Crippen molar-refractivity contribution >= 4 is 23.7 Å². The van der Waals surface area contributed by atoms with Crippen LogP contribution in [0, 0.1) is 0 Å². The topological polar surface area (TPSA) is 168 Å². The maximum atomic E-state index is 10.8. The Labute approximate surface area is 103 Å². The monoisotopic (exact) mass is 260 g/mol. The average molecular weight is 260 g/mol. The van der Waals surface area contributed by atoms with Crippen molar-refractivity contribution in [3.05, 3.63) is 0 Å². The minimum absolute atomic E-state index is 0.0871. The lowest BCUT2D eigenvalue weighted by Crippen LogP contribution is -2.41. The predicted molar refractivity (Wildman–Crippen MR) is 62.0 cm³/mol. The van der Waals surface area contributed by atoms with Gasteiger partial charge in [0.15, 0.2) is 5.96 Å². The van der Waals surface area contributed by atoms with E-state index >= 15 is 0 Å². The molecule has 0 unspecified atom stereocenters. The van der Waals surface area contributed by atoms with E-state index in [-0.39, 0.29) is 18.9 Å². The third-order valence-corrected chi connectivity index (χ3v) is 1.99. The Bertz CT molecular complexity index is 351. The summed E-state index contributed by atoms with van der Waals surface area (Å²) < 4.78 is 0. The number of Topliss-reactive ketones (excluding diaryl/α,β-unsaturated/α-hetero) is 1. The maximum absolute atomic E-state index is 10.8. The highest BCUT2D eigenvalue weighted by Gasteiger charge is 2.19. The van der Waals surface area contributed by atoms with Gasteiger partial charge in [-0.2, -0.15) is 0 Å². The fourth-order valence-electron chi connectivity index (χ4n) is 1.11. The Balaban J connectivity index is 4.08. The van der Waals surface area contributed by atoms with Crippen LogP contribution in [0.4, 0.5) is 0 Å². The van der Waals surface area contributed by atoms with Gasteiger partial charge in [-0.15, -0.1) is 0 Å². The maximum Gasteiger partial charge on any atom is 0.373 e. The molecule has 9 nitrogen and oxygen atoms in total. The summed E-state index contributed by atoms with van der Waals surface area (Å²) in [6.07, 6.45) is 0.572. The number of guanidine groups is 1. The molecule has 18 heavy (non-hydrogen) atoms. The van der Waals surface area contributed by atoms with Gasteiger partial charge in [0.2, 0.25) is 0 Å². The van der Waals surface area contributed by atoms with Crippen molar-refractivity contribution in [3.63, 3.8) is 0 Å². The van der Waals surface area contributed by atoms with Gasteiger partial charge in [-0.3, -0.25) is 19.9 Å². The minimum Gasteiger partial charge on any atom is -0.480 e. The molecule has 7 N–H and O–H groups in total. The molecule has 0 spiro atoms. The molecule has 0 saturated heterocycles. The van der Waals surface area contributed by atoms with Crippen LogP contribution in [0.5, 0.6) is 0 Å². The number of ketones is 1. The van der Waals surface area contributed by atoms with E-state index < -0.39 is 30.3 Å². The van der Waals surface area contributed by atoms with Crippen molar-refractivity contribution in [2.45, 2.75) is 18.9 Å². The average Bonchev–Trinajstić information content (AvgIpc) is 2.26. The molecular weight excluding hydrogens is 244 g/mol. The Morgan fingerprint density at radius 3 is 2.28 bits per heavy atom. The van der Waals surface area contributed by atoms with Crippen molar-refractivity contribution < 1.29 is 24.6 Å². The van der Waals surface area contributed by atoms with Crippen LogP contribution >= 0.6 is 0 Å². The highest BCUT2D eigenvalue weighted by atomic mass is 16.4. The number of carbonyl (C=O) groups excluding carboxylic acids is 1. The highest BCUT2D eigenvalue weighted by Crippen LogP contribution is 1.98. The number of nitrogens with zero attached hydrogens (tertiary/aromatic N) is 1. The van der Waals surface area contributed by atoms with Gasteiger partial charge < -0.3 is 21.7 Å². The van der Waals surface area contributed by atoms with Crippen molar-refractivity contribution in [1.29, 1.82) is 0 Å². The van der Waals surface area contributed by atoms with Gasteiger partial charge in [-0.1, -0.05) is 0 Å². The first-order valence-electron chi connectivity index (χ1n) is 5.12. The number of nitrogens with two attached hydrogens (primary N) is 2. The Morgan fingerprint density at radius 2 is 1.83 bits per heavy atom. The number of rotatable bonds is 9. The molecule has 0 saturated carbocycles. The lowest BCUT2D eigenvalue weighted by molar-refractivity contribution is -0.149. The van der Waals surface area contributed by atoms with E-state index in [1.165, 1.54) is 0 Å². The van der Waals surface area contributed by atoms with E-state index in [0.29, 0.717) is 6.42 Å². The molecule has 1 atom stereocenters. The van der Waals surface area contributed by atoms with E-state index in [2.05, 4.69) is 10.3 Å². The number of carboxylic acids is 2. The quantitative estimate of drug-likeness (QED) is 0.134. The normalized spacial score (nSPS) is 11.6. The van der Waals surface area contributed by atoms with Crippen LogP contribution in [0.1, 0.15) is 12.8 Å². The van der Waals surface area contributed by atoms with Crippen molar-refractivity contribution in [1.82, 2.24) is 5.32 Å². The van der Waals surface area contributed by atoms with Gasteiger partial charge in [-0.25, -0.2) is 4.79 Å². The fraction of sp³-hybridized carbons (Fsp3) is 0.556. The Kier molecular flexibility index (Phi) is 7.05. The third-order valence-electron chi connectivity index (χ3n) is 1.99. The smallest absolute Gasteiger partial charge is 0.373 e. The standard InChI is InChI=1S/C9H16N4O5/c10-9(11)12-3-1-2-5(7(15)16)13-4-6(14)8(17)18/h5,13H,1-4H2,(H,15,16)(H,17,18)(H4,10,11,12)/t5-/m0/s1. The number of carbonyl (C=O) groups is 3. The minimum atomic E-state index is -1.60. The van der Waals surface area contributed by atoms with Crippen LogP contribution < -0.4 is 16.8 Å². The van der Waals surface area contributed by atoms with E-state index in [9.17, 15) is 14.4 Å². The number of aliphatic carboxylic acids is 2. The summed E-state index contributed by atoms with van der Waals surface area (Å²) in [5, 5.41) is 19.5. The zero-order valence-electron chi connectivity index (χ0n) is 9.63. The van der Waals surface area contributed by atoms with E-state index in [0.717, 1.165) is 0 Å². The molecule has 0 heterocycles. The predicted octanol–water partition coefficient (Wildman–Crippen LogP) is -2.26. The largest absolute Gasteiger partial charge is 0.480 e. The van der Waals surface area contributed by atoms with Crippen LogP contribution in [0.2, 0.25) is 0 Å². The van der Waals surface area contributed by atoms with Gasteiger partial charge in [0.25, 0.3) is 5.78 Å². The SMILES string of the molecule is NC(N)=NCCC[C@H](NCC(=O)C(=O)O)C(=O)O. The first-order chi connectivity index (χ1) is 8.34. The lowest BCUT2D eigenvalue weighted by Gasteiger charge is -2.12. The van der Waals surface area contributed by atoms with Crippen LogP contribution in [-0.2, 0) is 14.4 Å². The van der Waals surface area contributed by atoms with E-state index in [1.807, 2.05) is 0 Å². The summed E-state index contributed by atoms with van der Waals surface area (Å²) in [5.74, 6) is -3.95. The first-order valence-corrected chi connectivity index (χ1v) is 5.12. The third kappa shape index (κ3) is 7.17. The van der Waals surface area contributed by atoms with Gasteiger partial charge in [0.1, 0.15) is 6.04 Å². The molecule has 0 aromatic heterocycles. The summed E-state index contributed by atoms with van der Waals surface area (Å²) in [5.41, 5.74) is 10.2. The molecule has 0 aliphatic heterocycles. The number of carboxylic acid groups (broad SMARTS) is 2. The molecule has 0 fully saturated rings. The van der Waals surface area contributed by atoms with E-state index in [1.54, 1.807) is 0 Å². The molecular formula is C9H16N4O5. The zero-order valence-corrected chi connectivity index (χ0v) is 9.63. The molecule has 102 valence electrons. The second kappa shape index (κ2) is 8.01. The number of hydrogen-bond acceptors (Lipinski definition) is 5. The number of nitrogens with one attached hydrogen (secondary N) is 1. The summed E-state index contributed by atoms with van der Waals surface area (Å²) in [4.78, 5) is 35.5. The molecule has 0 aliphatic rings. The zero-order chi connectivity index (χ0) is 14.1. The summed E-state index contributed by atoms with van der Waals surface area (Å²) in [6, 6.07) is -1.01. The first kappa shape index (κ1) is 15.8. The molecule has 0 amide bonds. The van der Waals surface area contributed by atoms with Crippen LogP contribution in [0.15, 0.2) is 4.99 Å². The fourth-order valence-corrected chi connectivity index (χ4v) is 1.11. The Hall–Kier alpha value is -2.16. The van der Waals surface area contributed by atoms with Gasteiger partial charge in [0.05, 0.1) is 6.54 Å². The molecule has 0 aliphatic carbocycles. The van der Waals surface area contributed by atoms with Crippen LogP contribution in [-0.4, -0.2) is 53.0 Å². The van der Waals surface area contributed by atoms with Gasteiger partial charge >= 0.3 is 11.9 Å². The molecule has 0 aromatic rings. The van der Waals surface area contributed by atoms with Gasteiger partial charge in [-0.05, 0) is 12.8 Å². The second-order valence-electron chi connectivity index (χ2n) is 3.45. The van der Waals surface area contributed by atoms with E-state index in [4.69, 9.17) is 21.7 Å². The summed E-state index contributed by atoms with van der Waals surface area (Å²) in [6.45, 7) is -0.269. The number of hydrogen-bond donors (Lipinski definition) is 5. The van der Waals surface area contributed by atoms with Crippen molar-refractivity contribution in [3.8, 4) is 0 Å². The Morgan fingerprint density at radius 1 is 1.22 bits per heavy atom. The van der Waals surface area contributed by atoms with Crippen molar-refractivity contribution in [2.75, 3.05) is 13.1 Å². The highest BCUT2D eigenvalue weighted by molar-refractivity contribution is 6.33. The summed E-state index contributed by atoms with van der Waals surface area (Å²) >= 11 is 0. The van der Waals surface area contributed by atoms with Crippen LogP contribution in [0.3, 0.4) is 0 Å².